The SMILES string of the molecule is Cc1cc(C)cc(OC2CCC(C)C(C)C2)c1. The number of hydrogen-bond donors (Lipinski definition) is 0. The van der Waals surface area contributed by atoms with Gasteiger partial charge in [0, 0.05) is 0 Å². The van der Waals surface area contributed by atoms with Gasteiger partial charge < -0.3 is 4.74 Å². The Hall–Kier alpha value is -0.980. The summed E-state index contributed by atoms with van der Waals surface area (Å²) in [4.78, 5) is 0. The first-order valence-electron chi connectivity index (χ1n) is 6.79. The van der Waals surface area contributed by atoms with Gasteiger partial charge in [0.2, 0.25) is 0 Å². The highest BCUT2D eigenvalue weighted by Gasteiger charge is 2.25. The minimum absolute atomic E-state index is 0.419. The van der Waals surface area contributed by atoms with Gasteiger partial charge in [0.15, 0.2) is 0 Å². The molecule has 0 spiro atoms. The molecular weight excluding hydrogens is 208 g/mol. The molecule has 1 fully saturated rings. The third kappa shape index (κ3) is 3.24. The molecule has 1 aliphatic carbocycles. The molecule has 17 heavy (non-hydrogen) atoms. The summed E-state index contributed by atoms with van der Waals surface area (Å²) in [5.74, 6) is 2.70. The smallest absolute Gasteiger partial charge is 0.120 e. The third-order valence-corrected chi connectivity index (χ3v) is 4.05. The van der Waals surface area contributed by atoms with Gasteiger partial charge in [0.25, 0.3) is 0 Å². The zero-order valence-electron chi connectivity index (χ0n) is 11.5. The summed E-state index contributed by atoms with van der Waals surface area (Å²) >= 11 is 0. The Balaban J connectivity index is 2.01. The topological polar surface area (TPSA) is 9.23 Å². The lowest BCUT2D eigenvalue weighted by molar-refractivity contribution is 0.101. The van der Waals surface area contributed by atoms with E-state index >= 15 is 0 Å². The van der Waals surface area contributed by atoms with E-state index in [1.807, 2.05) is 0 Å². The zero-order chi connectivity index (χ0) is 12.4. The fourth-order valence-electron chi connectivity index (χ4n) is 2.80. The molecule has 0 aliphatic heterocycles. The van der Waals surface area contributed by atoms with Gasteiger partial charge in [0.1, 0.15) is 5.75 Å². The second-order valence-electron chi connectivity index (χ2n) is 5.83. The first-order valence-corrected chi connectivity index (χ1v) is 6.79. The molecule has 1 heteroatoms. The van der Waals surface area contributed by atoms with E-state index in [9.17, 15) is 0 Å². The number of rotatable bonds is 2. The van der Waals surface area contributed by atoms with E-state index in [2.05, 4.69) is 45.9 Å². The van der Waals surface area contributed by atoms with Crippen molar-refractivity contribution in [3.05, 3.63) is 29.3 Å². The van der Waals surface area contributed by atoms with E-state index in [0.717, 1.165) is 17.6 Å². The van der Waals surface area contributed by atoms with Crippen molar-refractivity contribution in [3.8, 4) is 5.75 Å². The molecule has 2 rings (SSSR count). The van der Waals surface area contributed by atoms with E-state index in [-0.39, 0.29) is 0 Å². The van der Waals surface area contributed by atoms with E-state index in [1.54, 1.807) is 0 Å². The summed E-state index contributed by atoms with van der Waals surface area (Å²) in [7, 11) is 0. The van der Waals surface area contributed by atoms with Crippen LogP contribution < -0.4 is 4.74 Å². The van der Waals surface area contributed by atoms with Crippen LogP contribution in [-0.4, -0.2) is 6.10 Å². The van der Waals surface area contributed by atoms with Gasteiger partial charge in [-0.3, -0.25) is 0 Å². The lowest BCUT2D eigenvalue weighted by atomic mass is 9.80. The van der Waals surface area contributed by atoms with Crippen molar-refractivity contribution < 1.29 is 4.74 Å². The first kappa shape index (κ1) is 12.5. The van der Waals surface area contributed by atoms with Crippen molar-refractivity contribution in [1.82, 2.24) is 0 Å². The Morgan fingerprint density at radius 3 is 2.18 bits per heavy atom. The van der Waals surface area contributed by atoms with Crippen LogP contribution in [0.3, 0.4) is 0 Å². The lowest BCUT2D eigenvalue weighted by Gasteiger charge is -2.32. The summed E-state index contributed by atoms with van der Waals surface area (Å²) < 4.78 is 6.14. The van der Waals surface area contributed by atoms with Crippen molar-refractivity contribution >= 4 is 0 Å². The van der Waals surface area contributed by atoms with Gasteiger partial charge in [-0.05, 0) is 68.2 Å². The van der Waals surface area contributed by atoms with Crippen molar-refractivity contribution in [2.75, 3.05) is 0 Å². The monoisotopic (exact) mass is 232 g/mol. The Bertz CT molecular complexity index is 363. The fraction of sp³-hybridized carbons (Fsp3) is 0.625. The normalized spacial score (nSPS) is 29.1. The van der Waals surface area contributed by atoms with E-state index < -0.39 is 0 Å². The van der Waals surface area contributed by atoms with Crippen LogP contribution in [-0.2, 0) is 0 Å². The number of aryl methyl sites for hydroxylation is 2. The van der Waals surface area contributed by atoms with Crippen LogP contribution in [0.4, 0.5) is 0 Å². The van der Waals surface area contributed by atoms with Crippen LogP contribution in [0.15, 0.2) is 18.2 Å². The van der Waals surface area contributed by atoms with Gasteiger partial charge in [-0.25, -0.2) is 0 Å². The molecule has 94 valence electrons. The van der Waals surface area contributed by atoms with Crippen LogP contribution in [0, 0.1) is 25.7 Å². The molecule has 1 aromatic carbocycles. The molecule has 1 saturated carbocycles. The fourth-order valence-corrected chi connectivity index (χ4v) is 2.80. The average molecular weight is 232 g/mol. The Morgan fingerprint density at radius 2 is 1.59 bits per heavy atom. The maximum atomic E-state index is 6.14. The van der Waals surface area contributed by atoms with Crippen LogP contribution in [0.5, 0.6) is 5.75 Å². The van der Waals surface area contributed by atoms with Gasteiger partial charge in [0.05, 0.1) is 6.10 Å². The van der Waals surface area contributed by atoms with E-state index in [0.29, 0.717) is 6.10 Å². The van der Waals surface area contributed by atoms with Gasteiger partial charge in [-0.2, -0.15) is 0 Å². The van der Waals surface area contributed by atoms with Crippen LogP contribution in [0.25, 0.3) is 0 Å². The summed E-state index contributed by atoms with van der Waals surface area (Å²) in [5.41, 5.74) is 2.58. The van der Waals surface area contributed by atoms with Crippen molar-refractivity contribution in [1.29, 1.82) is 0 Å². The second kappa shape index (κ2) is 5.12. The minimum Gasteiger partial charge on any atom is -0.490 e. The van der Waals surface area contributed by atoms with Gasteiger partial charge in [-0.1, -0.05) is 19.9 Å². The van der Waals surface area contributed by atoms with E-state index in [1.165, 1.54) is 30.4 Å². The maximum absolute atomic E-state index is 6.14. The lowest BCUT2D eigenvalue weighted by Crippen LogP contribution is -2.28. The maximum Gasteiger partial charge on any atom is 0.120 e. The predicted molar refractivity (Wildman–Crippen MR) is 72.5 cm³/mol. The molecule has 0 amide bonds. The number of benzene rings is 1. The Labute approximate surface area is 105 Å². The Kier molecular flexibility index (Phi) is 3.76. The van der Waals surface area contributed by atoms with Crippen molar-refractivity contribution in [3.63, 3.8) is 0 Å². The number of hydrogen-bond acceptors (Lipinski definition) is 1. The van der Waals surface area contributed by atoms with Crippen LogP contribution in [0.2, 0.25) is 0 Å². The predicted octanol–water partition coefficient (Wildman–Crippen LogP) is 4.51. The largest absolute Gasteiger partial charge is 0.490 e. The summed E-state index contributed by atoms with van der Waals surface area (Å²) in [5, 5.41) is 0. The molecule has 3 atom stereocenters. The average Bonchev–Trinajstić information content (AvgIpc) is 2.22. The molecular formula is C16H24O. The molecule has 3 unspecified atom stereocenters. The molecule has 0 heterocycles. The summed E-state index contributed by atoms with van der Waals surface area (Å²) in [6, 6.07) is 6.49. The molecule has 0 aromatic heterocycles. The second-order valence-corrected chi connectivity index (χ2v) is 5.83. The van der Waals surface area contributed by atoms with Crippen molar-refractivity contribution in [2.45, 2.75) is 53.1 Å². The van der Waals surface area contributed by atoms with E-state index in [4.69, 9.17) is 4.74 Å². The molecule has 0 saturated heterocycles. The van der Waals surface area contributed by atoms with Crippen LogP contribution in [0.1, 0.15) is 44.2 Å². The molecule has 1 nitrogen and oxygen atoms in total. The first-order chi connectivity index (χ1) is 8.04. The zero-order valence-corrected chi connectivity index (χ0v) is 11.5. The quantitative estimate of drug-likeness (QED) is 0.729. The molecule has 0 radical (unpaired) electrons. The van der Waals surface area contributed by atoms with Gasteiger partial charge >= 0.3 is 0 Å². The van der Waals surface area contributed by atoms with Crippen LogP contribution >= 0.6 is 0 Å². The summed E-state index contributed by atoms with van der Waals surface area (Å²) in [6.45, 7) is 8.97. The van der Waals surface area contributed by atoms with Gasteiger partial charge in [-0.15, -0.1) is 0 Å². The standard InChI is InChI=1S/C16H24O/c1-11-7-12(2)9-16(8-11)17-15-6-5-13(3)14(4)10-15/h7-9,13-15H,5-6,10H2,1-4H3. The highest BCUT2D eigenvalue weighted by Crippen LogP contribution is 2.32. The molecule has 0 N–H and O–H groups in total. The molecule has 1 aromatic rings. The Morgan fingerprint density at radius 1 is 0.941 bits per heavy atom. The molecule has 1 aliphatic rings. The number of ether oxygens (including phenoxy) is 1. The molecule has 0 bridgehead atoms. The minimum atomic E-state index is 0.419. The van der Waals surface area contributed by atoms with Crippen molar-refractivity contribution in [2.24, 2.45) is 11.8 Å². The highest BCUT2D eigenvalue weighted by atomic mass is 16.5. The summed E-state index contributed by atoms with van der Waals surface area (Å²) in [6.07, 6.45) is 4.13. The third-order valence-electron chi connectivity index (χ3n) is 4.05. The highest BCUT2D eigenvalue weighted by molar-refractivity contribution is 5.33.